The minimum atomic E-state index is 0.411. The summed E-state index contributed by atoms with van der Waals surface area (Å²) in [6.07, 6.45) is 0. The van der Waals surface area contributed by atoms with Gasteiger partial charge in [-0.05, 0) is 31.0 Å². The molecular weight excluding hydrogens is 264 g/mol. The van der Waals surface area contributed by atoms with Gasteiger partial charge in [-0.25, -0.2) is 0 Å². The molecule has 1 aromatic heterocycles. The van der Waals surface area contributed by atoms with Gasteiger partial charge in [0.1, 0.15) is 0 Å². The molecule has 2 rings (SSSR count). The summed E-state index contributed by atoms with van der Waals surface area (Å²) >= 11 is 1.76. The van der Waals surface area contributed by atoms with E-state index in [1.54, 1.807) is 11.3 Å². The molecule has 1 heterocycles. The maximum Gasteiger partial charge on any atom is 0.0555 e. The molecule has 0 aliphatic rings. The lowest BCUT2D eigenvalue weighted by molar-refractivity contribution is 0.322. The molecular formula is C17H20N2S. The summed E-state index contributed by atoms with van der Waals surface area (Å²) < 4.78 is 0. The van der Waals surface area contributed by atoms with E-state index in [1.807, 2.05) is 0 Å². The van der Waals surface area contributed by atoms with Crippen LogP contribution in [0.2, 0.25) is 0 Å². The molecule has 0 fully saturated rings. The normalized spacial score (nSPS) is 10.4. The first-order chi connectivity index (χ1) is 9.69. The molecule has 0 unspecified atom stereocenters. The number of hydrogen-bond acceptors (Lipinski definition) is 3. The summed E-state index contributed by atoms with van der Waals surface area (Å²) in [6.45, 7) is 4.39. The first-order valence-corrected chi connectivity index (χ1v) is 7.56. The SMILES string of the molecule is Cc1ccc(CN(C)Cc2sccc2C#CCN)cc1. The molecule has 0 atom stereocenters. The smallest absolute Gasteiger partial charge is 0.0555 e. The lowest BCUT2D eigenvalue weighted by Crippen LogP contribution is -2.17. The van der Waals surface area contributed by atoms with E-state index in [1.165, 1.54) is 16.0 Å². The number of benzene rings is 1. The molecule has 0 aliphatic carbocycles. The Morgan fingerprint density at radius 2 is 1.90 bits per heavy atom. The van der Waals surface area contributed by atoms with Gasteiger partial charge < -0.3 is 5.73 Å². The van der Waals surface area contributed by atoms with Gasteiger partial charge in [-0.2, -0.15) is 0 Å². The minimum absolute atomic E-state index is 0.411. The van der Waals surface area contributed by atoms with Crippen molar-refractivity contribution in [1.82, 2.24) is 4.90 Å². The zero-order valence-electron chi connectivity index (χ0n) is 12.0. The van der Waals surface area contributed by atoms with E-state index in [2.05, 4.69) is 66.4 Å². The summed E-state index contributed by atoms with van der Waals surface area (Å²) in [6, 6.07) is 10.8. The van der Waals surface area contributed by atoms with Gasteiger partial charge in [-0.1, -0.05) is 41.7 Å². The second kappa shape index (κ2) is 7.25. The number of nitrogens with zero attached hydrogens (tertiary/aromatic N) is 1. The third-order valence-electron chi connectivity index (χ3n) is 3.06. The number of hydrogen-bond donors (Lipinski definition) is 1. The number of rotatable bonds is 4. The highest BCUT2D eigenvalue weighted by molar-refractivity contribution is 7.10. The molecule has 0 radical (unpaired) electrons. The van der Waals surface area contributed by atoms with Crippen LogP contribution >= 0.6 is 11.3 Å². The van der Waals surface area contributed by atoms with Crippen LogP contribution in [-0.4, -0.2) is 18.5 Å². The van der Waals surface area contributed by atoms with Crippen LogP contribution in [0.3, 0.4) is 0 Å². The second-order valence-electron chi connectivity index (χ2n) is 4.92. The van der Waals surface area contributed by atoms with Gasteiger partial charge in [-0.15, -0.1) is 11.3 Å². The molecule has 3 heteroatoms. The predicted molar refractivity (Wildman–Crippen MR) is 86.6 cm³/mol. The molecule has 20 heavy (non-hydrogen) atoms. The van der Waals surface area contributed by atoms with Crippen molar-refractivity contribution >= 4 is 11.3 Å². The maximum atomic E-state index is 5.43. The first kappa shape index (κ1) is 14.8. The Kier molecular flexibility index (Phi) is 5.37. The molecule has 2 N–H and O–H groups in total. The molecule has 2 aromatic rings. The van der Waals surface area contributed by atoms with Crippen LogP contribution in [-0.2, 0) is 13.1 Å². The molecule has 1 aromatic carbocycles. The van der Waals surface area contributed by atoms with E-state index < -0.39 is 0 Å². The van der Waals surface area contributed by atoms with Gasteiger partial charge in [-0.3, -0.25) is 4.90 Å². The second-order valence-corrected chi connectivity index (χ2v) is 5.92. The summed E-state index contributed by atoms with van der Waals surface area (Å²) in [5, 5.41) is 2.09. The zero-order valence-corrected chi connectivity index (χ0v) is 12.8. The zero-order chi connectivity index (χ0) is 14.4. The fourth-order valence-electron chi connectivity index (χ4n) is 2.03. The lowest BCUT2D eigenvalue weighted by atomic mass is 10.1. The van der Waals surface area contributed by atoms with E-state index in [-0.39, 0.29) is 0 Å². The monoisotopic (exact) mass is 284 g/mol. The van der Waals surface area contributed by atoms with Gasteiger partial charge in [0.25, 0.3) is 0 Å². The molecule has 0 spiro atoms. The maximum absolute atomic E-state index is 5.43. The van der Waals surface area contributed by atoms with Crippen LogP contribution in [0.1, 0.15) is 21.6 Å². The van der Waals surface area contributed by atoms with Gasteiger partial charge in [0.15, 0.2) is 0 Å². The summed E-state index contributed by atoms with van der Waals surface area (Å²) in [5.74, 6) is 6.06. The van der Waals surface area contributed by atoms with Crippen LogP contribution < -0.4 is 5.73 Å². The van der Waals surface area contributed by atoms with Gasteiger partial charge in [0.05, 0.1) is 6.54 Å². The van der Waals surface area contributed by atoms with Crippen LogP contribution in [0.4, 0.5) is 0 Å². The molecule has 0 saturated heterocycles. The highest BCUT2D eigenvalue weighted by atomic mass is 32.1. The van der Waals surface area contributed by atoms with E-state index in [0.29, 0.717) is 6.54 Å². The van der Waals surface area contributed by atoms with Gasteiger partial charge >= 0.3 is 0 Å². The van der Waals surface area contributed by atoms with Crippen molar-refractivity contribution in [1.29, 1.82) is 0 Å². The standard InChI is InChI=1S/C17H20N2S/c1-14-5-7-15(8-6-14)12-19(2)13-17-16(4-3-10-18)9-11-20-17/h5-9,11H,10,12-13,18H2,1-2H3. The van der Waals surface area contributed by atoms with Crippen molar-refractivity contribution in [2.75, 3.05) is 13.6 Å². The highest BCUT2D eigenvalue weighted by Gasteiger charge is 2.06. The average Bonchev–Trinajstić information content (AvgIpc) is 2.86. The molecule has 0 amide bonds. The third kappa shape index (κ3) is 4.21. The predicted octanol–water partition coefficient (Wildman–Crippen LogP) is 3.00. The fraction of sp³-hybridized carbons (Fsp3) is 0.294. The number of nitrogens with two attached hydrogens (primary N) is 1. The Morgan fingerprint density at radius 3 is 2.60 bits per heavy atom. The summed E-state index contributed by atoms with van der Waals surface area (Å²) in [5.41, 5.74) is 9.18. The Morgan fingerprint density at radius 1 is 1.15 bits per heavy atom. The Labute approximate surface area is 125 Å². The quantitative estimate of drug-likeness (QED) is 0.875. The van der Waals surface area contributed by atoms with Crippen LogP contribution in [0, 0.1) is 18.8 Å². The van der Waals surface area contributed by atoms with Crippen molar-refractivity contribution in [3.8, 4) is 11.8 Å². The Bertz CT molecular complexity index is 602. The van der Waals surface area contributed by atoms with Crippen LogP contribution in [0.5, 0.6) is 0 Å². The summed E-state index contributed by atoms with van der Waals surface area (Å²) in [4.78, 5) is 3.62. The third-order valence-corrected chi connectivity index (χ3v) is 3.96. The largest absolute Gasteiger partial charge is 0.320 e. The van der Waals surface area contributed by atoms with Crippen molar-refractivity contribution in [3.63, 3.8) is 0 Å². The number of aryl methyl sites for hydroxylation is 1. The van der Waals surface area contributed by atoms with Crippen molar-refractivity contribution in [2.24, 2.45) is 5.73 Å². The van der Waals surface area contributed by atoms with E-state index in [4.69, 9.17) is 5.73 Å². The minimum Gasteiger partial charge on any atom is -0.320 e. The van der Waals surface area contributed by atoms with Gasteiger partial charge in [0.2, 0.25) is 0 Å². The molecule has 0 bridgehead atoms. The van der Waals surface area contributed by atoms with E-state index >= 15 is 0 Å². The van der Waals surface area contributed by atoms with E-state index in [0.717, 1.165) is 18.7 Å². The first-order valence-electron chi connectivity index (χ1n) is 6.68. The molecule has 104 valence electrons. The van der Waals surface area contributed by atoms with Crippen LogP contribution in [0.25, 0.3) is 0 Å². The fourth-order valence-corrected chi connectivity index (χ4v) is 2.94. The van der Waals surface area contributed by atoms with Crippen molar-refractivity contribution < 1.29 is 0 Å². The summed E-state index contributed by atoms with van der Waals surface area (Å²) in [7, 11) is 2.14. The van der Waals surface area contributed by atoms with E-state index in [9.17, 15) is 0 Å². The van der Waals surface area contributed by atoms with Crippen molar-refractivity contribution in [2.45, 2.75) is 20.0 Å². The molecule has 0 aliphatic heterocycles. The van der Waals surface area contributed by atoms with Crippen molar-refractivity contribution in [3.05, 3.63) is 57.3 Å². The topological polar surface area (TPSA) is 29.3 Å². The van der Waals surface area contributed by atoms with Gasteiger partial charge in [0, 0.05) is 23.5 Å². The highest BCUT2D eigenvalue weighted by Crippen LogP contribution is 2.18. The average molecular weight is 284 g/mol. The lowest BCUT2D eigenvalue weighted by Gasteiger charge is -2.16. The molecule has 0 saturated carbocycles. The Hall–Kier alpha value is -1.60. The number of thiophene rings is 1. The Balaban J connectivity index is 1.99. The molecule has 2 nitrogen and oxygen atoms in total. The van der Waals surface area contributed by atoms with Crippen LogP contribution in [0.15, 0.2) is 35.7 Å².